The molecule has 7 heteroatoms. The van der Waals surface area contributed by atoms with Crippen LogP contribution in [0.25, 0.3) is 11.0 Å². The lowest BCUT2D eigenvalue weighted by molar-refractivity contribution is 0.368. The van der Waals surface area contributed by atoms with Gasteiger partial charge in [0.05, 0.1) is 11.0 Å². The minimum atomic E-state index is -0.603. The predicted molar refractivity (Wildman–Crippen MR) is 75.6 cm³/mol. The van der Waals surface area contributed by atoms with Crippen LogP contribution in [0, 0.1) is 17.1 Å². The lowest BCUT2D eigenvalue weighted by atomic mass is 10.1. The summed E-state index contributed by atoms with van der Waals surface area (Å²) >= 11 is 0. The molecule has 20 heavy (non-hydrogen) atoms. The quantitative estimate of drug-likeness (QED) is 0.841. The topological polar surface area (TPSA) is 73.6 Å². The Balaban J connectivity index is 0.00000147. The SMILES string of the molecule is Cl.N#Cc1c(F)ccc2c1[nH]c(=O)n2C1CCNCC1. The van der Waals surface area contributed by atoms with Crippen molar-refractivity contribution in [3.63, 3.8) is 0 Å². The highest BCUT2D eigenvalue weighted by Crippen LogP contribution is 2.24. The van der Waals surface area contributed by atoms with Gasteiger partial charge < -0.3 is 10.3 Å². The van der Waals surface area contributed by atoms with E-state index < -0.39 is 5.82 Å². The first-order valence-corrected chi connectivity index (χ1v) is 6.26. The highest BCUT2D eigenvalue weighted by Gasteiger charge is 2.21. The highest BCUT2D eigenvalue weighted by atomic mass is 35.5. The Morgan fingerprint density at radius 1 is 1.35 bits per heavy atom. The number of piperidine rings is 1. The van der Waals surface area contributed by atoms with Gasteiger partial charge in [0, 0.05) is 6.04 Å². The predicted octanol–water partition coefficient (Wildman–Crippen LogP) is 1.69. The molecule has 0 unspecified atom stereocenters. The molecule has 0 aliphatic carbocycles. The maximum atomic E-state index is 13.5. The van der Waals surface area contributed by atoms with Gasteiger partial charge in [0.2, 0.25) is 0 Å². The molecule has 0 bridgehead atoms. The van der Waals surface area contributed by atoms with E-state index in [2.05, 4.69) is 10.3 Å². The van der Waals surface area contributed by atoms with Gasteiger partial charge in [0.1, 0.15) is 17.4 Å². The molecule has 0 amide bonds. The first-order chi connectivity index (χ1) is 9.22. The summed E-state index contributed by atoms with van der Waals surface area (Å²) < 4.78 is 15.2. The van der Waals surface area contributed by atoms with Crippen molar-refractivity contribution in [3.05, 3.63) is 34.0 Å². The molecule has 1 aliphatic rings. The van der Waals surface area contributed by atoms with Crippen molar-refractivity contribution in [1.29, 1.82) is 5.26 Å². The van der Waals surface area contributed by atoms with Gasteiger partial charge in [-0.25, -0.2) is 9.18 Å². The van der Waals surface area contributed by atoms with E-state index in [9.17, 15) is 9.18 Å². The summed E-state index contributed by atoms with van der Waals surface area (Å²) in [7, 11) is 0. The molecule has 1 fully saturated rings. The molecule has 106 valence electrons. The third-order valence-corrected chi connectivity index (χ3v) is 3.63. The number of H-pyrrole nitrogens is 1. The summed E-state index contributed by atoms with van der Waals surface area (Å²) in [6.45, 7) is 1.71. The van der Waals surface area contributed by atoms with Crippen molar-refractivity contribution >= 4 is 23.4 Å². The Labute approximate surface area is 120 Å². The molecule has 1 aromatic carbocycles. The number of aromatic amines is 1. The molecule has 3 rings (SSSR count). The Morgan fingerprint density at radius 3 is 2.70 bits per heavy atom. The summed E-state index contributed by atoms with van der Waals surface area (Å²) in [6.07, 6.45) is 1.71. The van der Waals surface area contributed by atoms with Gasteiger partial charge >= 0.3 is 5.69 Å². The van der Waals surface area contributed by atoms with Crippen LogP contribution in [-0.4, -0.2) is 22.6 Å². The van der Waals surface area contributed by atoms with Crippen LogP contribution in [-0.2, 0) is 0 Å². The number of nitrogens with one attached hydrogen (secondary N) is 2. The summed E-state index contributed by atoms with van der Waals surface area (Å²) in [5.74, 6) is -0.603. The number of rotatable bonds is 1. The first kappa shape index (κ1) is 14.6. The highest BCUT2D eigenvalue weighted by molar-refractivity contribution is 5.85. The lowest BCUT2D eigenvalue weighted by Gasteiger charge is -2.23. The van der Waals surface area contributed by atoms with Crippen LogP contribution in [0.15, 0.2) is 16.9 Å². The molecule has 2 heterocycles. The molecule has 2 N–H and O–H groups in total. The van der Waals surface area contributed by atoms with Crippen LogP contribution >= 0.6 is 12.4 Å². The fraction of sp³-hybridized carbons (Fsp3) is 0.385. The van der Waals surface area contributed by atoms with Crippen LogP contribution in [0.5, 0.6) is 0 Å². The molecular formula is C13H14ClFN4O. The van der Waals surface area contributed by atoms with Gasteiger partial charge in [-0.1, -0.05) is 0 Å². The van der Waals surface area contributed by atoms with E-state index >= 15 is 0 Å². The number of aromatic nitrogens is 2. The van der Waals surface area contributed by atoms with Crippen LogP contribution in [0.3, 0.4) is 0 Å². The van der Waals surface area contributed by atoms with Crippen LogP contribution in [0.2, 0.25) is 0 Å². The Hall–Kier alpha value is -1.84. The number of imidazole rings is 1. The molecule has 0 atom stereocenters. The second-order valence-electron chi connectivity index (χ2n) is 4.71. The summed E-state index contributed by atoms with van der Waals surface area (Å²) in [5, 5.41) is 12.2. The molecule has 1 saturated heterocycles. The minimum Gasteiger partial charge on any atom is -0.317 e. The Bertz CT molecular complexity index is 724. The second kappa shape index (κ2) is 5.65. The van der Waals surface area contributed by atoms with Crippen LogP contribution in [0.1, 0.15) is 24.4 Å². The second-order valence-corrected chi connectivity index (χ2v) is 4.71. The maximum absolute atomic E-state index is 13.5. The van der Waals surface area contributed by atoms with E-state index in [1.807, 2.05) is 6.07 Å². The summed E-state index contributed by atoms with van der Waals surface area (Å²) in [6, 6.07) is 4.71. The van der Waals surface area contributed by atoms with E-state index in [0.717, 1.165) is 25.9 Å². The molecule has 1 aliphatic heterocycles. The molecule has 0 radical (unpaired) electrons. The minimum absolute atomic E-state index is 0. The van der Waals surface area contributed by atoms with Crippen molar-refractivity contribution in [2.45, 2.75) is 18.9 Å². The van der Waals surface area contributed by atoms with E-state index in [1.165, 1.54) is 6.07 Å². The molecule has 0 saturated carbocycles. The van der Waals surface area contributed by atoms with Gasteiger partial charge in [-0.15, -0.1) is 12.4 Å². The number of nitriles is 1. The van der Waals surface area contributed by atoms with Crippen molar-refractivity contribution in [1.82, 2.24) is 14.9 Å². The smallest absolute Gasteiger partial charge is 0.317 e. The zero-order valence-electron chi connectivity index (χ0n) is 10.6. The number of hydrogen-bond acceptors (Lipinski definition) is 3. The van der Waals surface area contributed by atoms with Crippen molar-refractivity contribution < 1.29 is 4.39 Å². The maximum Gasteiger partial charge on any atom is 0.326 e. The standard InChI is InChI=1S/C13H13FN4O.ClH/c14-10-1-2-11-12(9(10)7-15)17-13(19)18(11)8-3-5-16-6-4-8;/h1-2,8,16H,3-6H2,(H,17,19);1H. The molecule has 1 aromatic heterocycles. The van der Waals surface area contributed by atoms with Gasteiger partial charge in [0.15, 0.2) is 0 Å². The van der Waals surface area contributed by atoms with Crippen LogP contribution in [0.4, 0.5) is 4.39 Å². The van der Waals surface area contributed by atoms with Crippen molar-refractivity contribution in [2.75, 3.05) is 13.1 Å². The number of nitrogens with zero attached hydrogens (tertiary/aromatic N) is 2. The molecular weight excluding hydrogens is 283 g/mol. The number of halogens is 2. The zero-order chi connectivity index (χ0) is 13.4. The Morgan fingerprint density at radius 2 is 2.05 bits per heavy atom. The first-order valence-electron chi connectivity index (χ1n) is 6.26. The number of hydrogen-bond donors (Lipinski definition) is 2. The van der Waals surface area contributed by atoms with E-state index in [1.54, 1.807) is 10.6 Å². The van der Waals surface area contributed by atoms with Crippen LogP contribution < -0.4 is 11.0 Å². The molecule has 5 nitrogen and oxygen atoms in total. The van der Waals surface area contributed by atoms with Crippen molar-refractivity contribution in [3.8, 4) is 6.07 Å². The summed E-state index contributed by atoms with van der Waals surface area (Å²) in [4.78, 5) is 14.7. The van der Waals surface area contributed by atoms with Crippen molar-refractivity contribution in [2.24, 2.45) is 0 Å². The largest absolute Gasteiger partial charge is 0.326 e. The average Bonchev–Trinajstić information content (AvgIpc) is 2.76. The van der Waals surface area contributed by atoms with E-state index in [4.69, 9.17) is 5.26 Å². The van der Waals surface area contributed by atoms with Gasteiger partial charge in [-0.2, -0.15) is 5.26 Å². The van der Waals surface area contributed by atoms with Gasteiger partial charge in [-0.05, 0) is 38.1 Å². The zero-order valence-corrected chi connectivity index (χ0v) is 11.5. The number of benzene rings is 1. The third-order valence-electron chi connectivity index (χ3n) is 3.63. The average molecular weight is 297 g/mol. The third kappa shape index (κ3) is 2.19. The fourth-order valence-corrected chi connectivity index (χ4v) is 2.71. The normalized spacial score (nSPS) is 15.8. The fourth-order valence-electron chi connectivity index (χ4n) is 2.71. The molecule has 2 aromatic rings. The molecule has 0 spiro atoms. The Kier molecular flexibility index (Phi) is 4.12. The summed E-state index contributed by atoms with van der Waals surface area (Å²) in [5.41, 5.74) is 0.534. The van der Waals surface area contributed by atoms with E-state index in [0.29, 0.717) is 11.0 Å². The number of fused-ring (bicyclic) bond motifs is 1. The monoisotopic (exact) mass is 296 g/mol. The lowest BCUT2D eigenvalue weighted by Crippen LogP contribution is -2.33. The van der Waals surface area contributed by atoms with Gasteiger partial charge in [0.25, 0.3) is 0 Å². The van der Waals surface area contributed by atoms with E-state index in [-0.39, 0.29) is 29.7 Å². The van der Waals surface area contributed by atoms with Gasteiger partial charge in [-0.3, -0.25) is 4.57 Å².